The third-order valence-electron chi connectivity index (χ3n) is 2.14. The molecule has 1 aliphatic heterocycles. The van der Waals surface area contributed by atoms with Gasteiger partial charge in [0.2, 0.25) is 0 Å². The van der Waals surface area contributed by atoms with Gasteiger partial charge in [0, 0.05) is 6.54 Å². The molecule has 0 aromatic carbocycles. The Morgan fingerprint density at radius 2 is 2.31 bits per heavy atom. The lowest BCUT2D eigenvalue weighted by Crippen LogP contribution is -2.38. The van der Waals surface area contributed by atoms with Crippen molar-refractivity contribution in [3.8, 4) is 0 Å². The number of nitrogens with zero attached hydrogens (tertiary/aromatic N) is 1. The smallest absolute Gasteiger partial charge is 0.410 e. The van der Waals surface area contributed by atoms with Crippen LogP contribution in [0.1, 0.15) is 12.8 Å². The Kier molecular flexibility index (Phi) is 3.98. The van der Waals surface area contributed by atoms with Gasteiger partial charge in [-0.3, -0.25) is 0 Å². The number of amides is 1. The van der Waals surface area contributed by atoms with Gasteiger partial charge in [-0.2, -0.15) is 0 Å². The van der Waals surface area contributed by atoms with Crippen molar-refractivity contribution in [3.05, 3.63) is 0 Å². The molecule has 13 heavy (non-hydrogen) atoms. The maximum absolute atomic E-state index is 11.3. The molecule has 1 rings (SSSR count). The van der Waals surface area contributed by atoms with Crippen molar-refractivity contribution in [1.29, 1.82) is 0 Å². The summed E-state index contributed by atoms with van der Waals surface area (Å²) >= 11 is 0. The summed E-state index contributed by atoms with van der Waals surface area (Å²) in [6.07, 6.45) is 1.29. The number of ether oxygens (including phenoxy) is 1. The summed E-state index contributed by atoms with van der Waals surface area (Å²) in [5.74, 6) is 0. The Morgan fingerprint density at radius 3 is 2.92 bits per heavy atom. The van der Waals surface area contributed by atoms with E-state index in [2.05, 4.69) is 0 Å². The van der Waals surface area contributed by atoms with E-state index in [1.54, 1.807) is 0 Å². The standard InChI is InChI=1S/C8H15NO4/c10-4-5-13-8(12)9-3-1-2-7(9)6-11/h7,10-11H,1-6H2/t7-/m1/s1. The van der Waals surface area contributed by atoms with Crippen molar-refractivity contribution in [3.63, 3.8) is 0 Å². The van der Waals surface area contributed by atoms with Crippen LogP contribution >= 0.6 is 0 Å². The van der Waals surface area contributed by atoms with E-state index in [9.17, 15) is 4.79 Å². The van der Waals surface area contributed by atoms with E-state index in [0.717, 1.165) is 12.8 Å². The maximum Gasteiger partial charge on any atom is 0.410 e. The van der Waals surface area contributed by atoms with Crippen LogP contribution in [-0.2, 0) is 4.74 Å². The number of aliphatic hydroxyl groups excluding tert-OH is 2. The molecule has 0 bridgehead atoms. The van der Waals surface area contributed by atoms with Gasteiger partial charge in [0.25, 0.3) is 0 Å². The summed E-state index contributed by atoms with van der Waals surface area (Å²) in [5.41, 5.74) is 0. The second-order valence-corrected chi connectivity index (χ2v) is 3.01. The number of carbonyl (C=O) groups is 1. The van der Waals surface area contributed by atoms with E-state index in [0.29, 0.717) is 6.54 Å². The lowest BCUT2D eigenvalue weighted by molar-refractivity contribution is 0.0708. The van der Waals surface area contributed by atoms with E-state index in [1.165, 1.54) is 4.90 Å². The normalized spacial score (nSPS) is 22.0. The van der Waals surface area contributed by atoms with Crippen molar-refractivity contribution in [2.75, 3.05) is 26.4 Å². The molecule has 1 saturated heterocycles. The Morgan fingerprint density at radius 1 is 1.54 bits per heavy atom. The first-order valence-electron chi connectivity index (χ1n) is 4.44. The van der Waals surface area contributed by atoms with Gasteiger partial charge in [0.1, 0.15) is 6.61 Å². The SMILES string of the molecule is O=C(OCCO)N1CCC[C@@H]1CO. The molecule has 1 amide bonds. The minimum atomic E-state index is -0.439. The zero-order valence-corrected chi connectivity index (χ0v) is 7.48. The number of likely N-dealkylation sites (tertiary alicyclic amines) is 1. The van der Waals surface area contributed by atoms with Gasteiger partial charge in [-0.25, -0.2) is 4.79 Å². The Hall–Kier alpha value is -0.810. The number of hydrogen-bond acceptors (Lipinski definition) is 4. The number of rotatable bonds is 3. The monoisotopic (exact) mass is 189 g/mol. The summed E-state index contributed by atoms with van der Waals surface area (Å²) in [5, 5.41) is 17.3. The molecule has 1 atom stereocenters. The zero-order valence-electron chi connectivity index (χ0n) is 7.48. The highest BCUT2D eigenvalue weighted by Crippen LogP contribution is 2.17. The number of aliphatic hydroxyl groups is 2. The molecule has 1 fully saturated rings. The highest BCUT2D eigenvalue weighted by atomic mass is 16.6. The van der Waals surface area contributed by atoms with Crippen LogP contribution in [0.5, 0.6) is 0 Å². The predicted octanol–water partition coefficient (Wildman–Crippen LogP) is -0.428. The molecule has 1 aliphatic rings. The van der Waals surface area contributed by atoms with Gasteiger partial charge in [0.15, 0.2) is 0 Å². The van der Waals surface area contributed by atoms with Crippen molar-refractivity contribution < 1.29 is 19.7 Å². The quantitative estimate of drug-likeness (QED) is 0.632. The molecular formula is C8H15NO4. The Labute approximate surface area is 76.9 Å². The molecule has 0 aromatic heterocycles. The Balaban J connectivity index is 2.36. The summed E-state index contributed by atoms with van der Waals surface area (Å²) in [7, 11) is 0. The number of carbonyl (C=O) groups excluding carboxylic acids is 1. The van der Waals surface area contributed by atoms with Crippen molar-refractivity contribution in [2.45, 2.75) is 18.9 Å². The predicted molar refractivity (Wildman–Crippen MR) is 45.2 cm³/mol. The van der Waals surface area contributed by atoms with E-state index in [-0.39, 0.29) is 25.9 Å². The zero-order chi connectivity index (χ0) is 9.68. The summed E-state index contributed by atoms with van der Waals surface area (Å²) in [4.78, 5) is 12.8. The summed E-state index contributed by atoms with van der Waals surface area (Å²) in [6.45, 7) is 0.473. The van der Waals surface area contributed by atoms with Crippen molar-refractivity contribution in [1.82, 2.24) is 4.90 Å². The lowest BCUT2D eigenvalue weighted by atomic mass is 10.2. The van der Waals surface area contributed by atoms with Crippen LogP contribution in [0.2, 0.25) is 0 Å². The Bertz CT molecular complexity index is 174. The van der Waals surface area contributed by atoms with Gasteiger partial charge in [-0.1, -0.05) is 0 Å². The van der Waals surface area contributed by atoms with E-state index < -0.39 is 6.09 Å². The molecule has 0 aromatic rings. The first-order chi connectivity index (χ1) is 6.29. The first-order valence-corrected chi connectivity index (χ1v) is 4.44. The van der Waals surface area contributed by atoms with Gasteiger partial charge in [-0.15, -0.1) is 0 Å². The molecule has 1 heterocycles. The molecule has 0 unspecified atom stereocenters. The fourth-order valence-corrected chi connectivity index (χ4v) is 1.48. The van der Waals surface area contributed by atoms with Crippen LogP contribution in [0.25, 0.3) is 0 Å². The van der Waals surface area contributed by atoms with Crippen LogP contribution in [0, 0.1) is 0 Å². The summed E-state index contributed by atoms with van der Waals surface area (Å²) < 4.78 is 4.73. The second kappa shape index (κ2) is 5.04. The van der Waals surface area contributed by atoms with Gasteiger partial charge < -0.3 is 19.8 Å². The minimum absolute atomic E-state index is 0.0196. The van der Waals surface area contributed by atoms with Crippen LogP contribution in [-0.4, -0.2) is 53.6 Å². The van der Waals surface area contributed by atoms with E-state index >= 15 is 0 Å². The number of hydrogen-bond donors (Lipinski definition) is 2. The first kappa shape index (κ1) is 10.3. The van der Waals surface area contributed by atoms with Gasteiger partial charge in [0.05, 0.1) is 19.3 Å². The molecule has 0 aliphatic carbocycles. The average molecular weight is 189 g/mol. The lowest BCUT2D eigenvalue weighted by Gasteiger charge is -2.21. The van der Waals surface area contributed by atoms with Gasteiger partial charge in [-0.05, 0) is 12.8 Å². The molecule has 0 spiro atoms. The highest BCUT2D eigenvalue weighted by molar-refractivity contribution is 5.68. The van der Waals surface area contributed by atoms with Crippen LogP contribution in [0.4, 0.5) is 4.79 Å². The largest absolute Gasteiger partial charge is 0.447 e. The third-order valence-corrected chi connectivity index (χ3v) is 2.14. The topological polar surface area (TPSA) is 70.0 Å². The van der Waals surface area contributed by atoms with Crippen LogP contribution in [0.3, 0.4) is 0 Å². The highest BCUT2D eigenvalue weighted by Gasteiger charge is 2.28. The molecule has 5 heteroatoms. The third kappa shape index (κ3) is 2.57. The van der Waals surface area contributed by atoms with Crippen molar-refractivity contribution >= 4 is 6.09 Å². The molecule has 2 N–H and O–H groups in total. The average Bonchev–Trinajstić information content (AvgIpc) is 2.61. The fourth-order valence-electron chi connectivity index (χ4n) is 1.48. The molecular weight excluding hydrogens is 174 g/mol. The molecule has 0 radical (unpaired) electrons. The van der Waals surface area contributed by atoms with Crippen LogP contribution < -0.4 is 0 Å². The molecule has 5 nitrogen and oxygen atoms in total. The molecule has 76 valence electrons. The minimum Gasteiger partial charge on any atom is -0.447 e. The summed E-state index contributed by atoms with van der Waals surface area (Å²) in [6, 6.07) is -0.105. The maximum atomic E-state index is 11.3. The van der Waals surface area contributed by atoms with E-state index in [4.69, 9.17) is 14.9 Å². The fraction of sp³-hybridized carbons (Fsp3) is 0.875. The molecule has 0 saturated carbocycles. The second-order valence-electron chi connectivity index (χ2n) is 3.01. The van der Waals surface area contributed by atoms with Crippen molar-refractivity contribution in [2.24, 2.45) is 0 Å². The van der Waals surface area contributed by atoms with E-state index in [1.807, 2.05) is 0 Å². The van der Waals surface area contributed by atoms with Gasteiger partial charge >= 0.3 is 6.09 Å². The van der Waals surface area contributed by atoms with Crippen LogP contribution in [0.15, 0.2) is 0 Å².